The average Bonchev–Trinajstić information content (AvgIpc) is 3.14. The molecule has 2 heteroatoms. The van der Waals surface area contributed by atoms with Crippen molar-refractivity contribution in [1.29, 1.82) is 0 Å². The molecule has 2 heterocycles. The Morgan fingerprint density at radius 2 is 2.17 bits per heavy atom. The van der Waals surface area contributed by atoms with Crippen LogP contribution in [0.1, 0.15) is 36.1 Å². The van der Waals surface area contributed by atoms with E-state index in [1.165, 1.54) is 54.4 Å². The molecule has 0 radical (unpaired) electrons. The third kappa shape index (κ3) is 1.17. The molecule has 0 spiro atoms. The van der Waals surface area contributed by atoms with Crippen LogP contribution < -0.4 is 5.73 Å². The Hall–Kier alpha value is -1.28. The van der Waals surface area contributed by atoms with Crippen molar-refractivity contribution in [2.75, 3.05) is 6.54 Å². The minimum absolute atomic E-state index is 0.302. The second-order valence-electron chi connectivity index (χ2n) is 6.01. The van der Waals surface area contributed by atoms with Gasteiger partial charge in [0.25, 0.3) is 0 Å². The van der Waals surface area contributed by atoms with Crippen molar-refractivity contribution < 1.29 is 0 Å². The molecular weight excluding hydrogens is 220 g/mol. The Bertz CT molecular complexity index is 632. The molecule has 4 rings (SSSR count). The molecule has 2 nitrogen and oxygen atoms in total. The van der Waals surface area contributed by atoms with Gasteiger partial charge in [0.05, 0.1) is 5.52 Å². The van der Waals surface area contributed by atoms with Crippen LogP contribution in [0.4, 0.5) is 0 Å². The first-order chi connectivity index (χ1) is 8.77. The summed E-state index contributed by atoms with van der Waals surface area (Å²) in [5.74, 6) is 0. The summed E-state index contributed by atoms with van der Waals surface area (Å²) in [7, 11) is 0. The van der Waals surface area contributed by atoms with Crippen molar-refractivity contribution in [3.05, 3.63) is 35.0 Å². The molecule has 1 aromatic heterocycles. The number of hydrogen-bond acceptors (Lipinski definition) is 1. The fourth-order valence-corrected chi connectivity index (χ4v) is 3.89. The number of benzene rings is 1. The molecule has 0 atom stereocenters. The lowest BCUT2D eigenvalue weighted by atomic mass is 9.92. The van der Waals surface area contributed by atoms with Gasteiger partial charge in [0, 0.05) is 29.6 Å². The highest BCUT2D eigenvalue weighted by atomic mass is 15.0. The van der Waals surface area contributed by atoms with Crippen LogP contribution >= 0.6 is 0 Å². The predicted octanol–water partition coefficient (Wildman–Crippen LogP) is 2.89. The van der Waals surface area contributed by atoms with Gasteiger partial charge in [-0.3, -0.25) is 0 Å². The molecule has 18 heavy (non-hydrogen) atoms. The minimum atomic E-state index is 0.302. The quantitative estimate of drug-likeness (QED) is 0.859. The largest absolute Gasteiger partial charge is 0.344 e. The van der Waals surface area contributed by atoms with Crippen LogP contribution in [-0.4, -0.2) is 11.1 Å². The second-order valence-corrected chi connectivity index (χ2v) is 6.01. The van der Waals surface area contributed by atoms with Gasteiger partial charge in [0.15, 0.2) is 0 Å². The maximum Gasteiger partial charge on any atom is 0.0518 e. The molecule has 94 valence electrons. The molecule has 0 unspecified atom stereocenters. The Kier molecular flexibility index (Phi) is 2.00. The van der Waals surface area contributed by atoms with Gasteiger partial charge >= 0.3 is 0 Å². The van der Waals surface area contributed by atoms with E-state index in [4.69, 9.17) is 5.73 Å². The Morgan fingerprint density at radius 1 is 1.33 bits per heavy atom. The maximum atomic E-state index is 6.06. The highest BCUT2D eigenvalue weighted by Crippen LogP contribution is 2.52. The van der Waals surface area contributed by atoms with E-state index in [0.717, 1.165) is 6.54 Å². The zero-order valence-electron chi connectivity index (χ0n) is 11.0. The van der Waals surface area contributed by atoms with Crippen LogP contribution in [0.5, 0.6) is 0 Å². The van der Waals surface area contributed by atoms with E-state index in [0.29, 0.717) is 5.41 Å². The summed E-state index contributed by atoms with van der Waals surface area (Å²) in [6.45, 7) is 4.28. The third-order valence-electron chi connectivity index (χ3n) is 5.03. The molecule has 0 bridgehead atoms. The van der Waals surface area contributed by atoms with Crippen LogP contribution in [0, 0.1) is 6.92 Å². The number of nitrogens with two attached hydrogens (primary N) is 1. The van der Waals surface area contributed by atoms with E-state index >= 15 is 0 Å². The molecule has 2 N–H and O–H groups in total. The van der Waals surface area contributed by atoms with Gasteiger partial charge in [-0.05, 0) is 43.7 Å². The molecule has 1 aliphatic carbocycles. The maximum absolute atomic E-state index is 6.06. The van der Waals surface area contributed by atoms with Crippen molar-refractivity contribution in [2.24, 2.45) is 5.73 Å². The van der Waals surface area contributed by atoms with Gasteiger partial charge in [-0.15, -0.1) is 0 Å². The Balaban J connectivity index is 2.10. The first-order valence-electron chi connectivity index (χ1n) is 7.08. The molecule has 2 aliphatic rings. The normalized spacial score (nSPS) is 20.3. The molecule has 1 saturated carbocycles. The lowest BCUT2D eigenvalue weighted by Crippen LogP contribution is -2.20. The van der Waals surface area contributed by atoms with Gasteiger partial charge in [-0.2, -0.15) is 0 Å². The number of rotatable bonds is 2. The van der Waals surface area contributed by atoms with Crippen LogP contribution in [0.3, 0.4) is 0 Å². The molecule has 2 aromatic rings. The van der Waals surface area contributed by atoms with Crippen molar-refractivity contribution in [3.63, 3.8) is 0 Å². The van der Waals surface area contributed by atoms with E-state index in [9.17, 15) is 0 Å². The molecule has 1 fully saturated rings. The van der Waals surface area contributed by atoms with Gasteiger partial charge in [0.1, 0.15) is 0 Å². The fraction of sp³-hybridized carbons (Fsp3) is 0.500. The van der Waals surface area contributed by atoms with E-state index in [-0.39, 0.29) is 0 Å². The lowest BCUT2D eigenvalue weighted by Gasteiger charge is -2.17. The van der Waals surface area contributed by atoms with E-state index in [1.807, 2.05) is 0 Å². The molecule has 0 saturated heterocycles. The highest BCUT2D eigenvalue weighted by molar-refractivity contribution is 5.90. The van der Waals surface area contributed by atoms with Crippen LogP contribution in [-0.2, 0) is 18.4 Å². The lowest BCUT2D eigenvalue weighted by molar-refractivity contribution is 0.612. The number of nitrogens with zero attached hydrogens (tertiary/aromatic N) is 1. The fourth-order valence-electron chi connectivity index (χ4n) is 3.89. The van der Waals surface area contributed by atoms with E-state index in [1.54, 1.807) is 5.56 Å². The smallest absolute Gasteiger partial charge is 0.0518 e. The van der Waals surface area contributed by atoms with Crippen molar-refractivity contribution in [3.8, 4) is 0 Å². The number of hydrogen-bond donors (Lipinski definition) is 1. The van der Waals surface area contributed by atoms with Crippen molar-refractivity contribution in [2.45, 2.75) is 44.6 Å². The SMILES string of the molecule is Cc1c(C2(CN)CC2)c2cccc3c2n1CCC3. The van der Waals surface area contributed by atoms with Gasteiger partial charge in [-0.1, -0.05) is 18.2 Å². The zero-order chi connectivity index (χ0) is 12.3. The third-order valence-corrected chi connectivity index (χ3v) is 5.03. The molecule has 1 aromatic carbocycles. The second kappa shape index (κ2) is 3.39. The summed E-state index contributed by atoms with van der Waals surface area (Å²) in [6.07, 6.45) is 5.05. The predicted molar refractivity (Wildman–Crippen MR) is 75.0 cm³/mol. The summed E-state index contributed by atoms with van der Waals surface area (Å²) in [5.41, 5.74) is 12.4. The first-order valence-corrected chi connectivity index (χ1v) is 7.08. The minimum Gasteiger partial charge on any atom is -0.344 e. The van der Waals surface area contributed by atoms with Crippen LogP contribution in [0.2, 0.25) is 0 Å². The van der Waals surface area contributed by atoms with E-state index < -0.39 is 0 Å². The summed E-state index contributed by atoms with van der Waals surface area (Å²) < 4.78 is 2.54. The van der Waals surface area contributed by atoms with Crippen molar-refractivity contribution in [1.82, 2.24) is 4.57 Å². The number of para-hydroxylation sites is 1. The van der Waals surface area contributed by atoms with E-state index in [2.05, 4.69) is 29.7 Å². The molecule has 1 aliphatic heterocycles. The van der Waals surface area contributed by atoms with Gasteiger partial charge in [0.2, 0.25) is 0 Å². The monoisotopic (exact) mass is 240 g/mol. The van der Waals surface area contributed by atoms with Crippen molar-refractivity contribution >= 4 is 10.9 Å². The highest BCUT2D eigenvalue weighted by Gasteiger charge is 2.46. The standard InChI is InChI=1S/C16H20N2/c1-11-14(16(10-17)7-8-16)13-6-2-4-12-5-3-9-18(11)15(12)13/h2,4,6H,3,5,7-10,17H2,1H3. The Labute approximate surface area is 108 Å². The summed E-state index contributed by atoms with van der Waals surface area (Å²) in [4.78, 5) is 0. The van der Waals surface area contributed by atoms with Crippen LogP contribution in [0.25, 0.3) is 10.9 Å². The van der Waals surface area contributed by atoms with Gasteiger partial charge in [-0.25, -0.2) is 0 Å². The first kappa shape index (κ1) is 10.6. The molecular formula is C16H20N2. The topological polar surface area (TPSA) is 30.9 Å². The summed E-state index contributed by atoms with van der Waals surface area (Å²) in [6, 6.07) is 6.82. The number of aromatic nitrogens is 1. The molecule has 0 amide bonds. The van der Waals surface area contributed by atoms with Gasteiger partial charge < -0.3 is 10.3 Å². The zero-order valence-corrected chi connectivity index (χ0v) is 11.0. The number of aryl methyl sites for hydroxylation is 2. The summed E-state index contributed by atoms with van der Waals surface area (Å²) in [5, 5.41) is 1.48. The Morgan fingerprint density at radius 3 is 2.89 bits per heavy atom. The summed E-state index contributed by atoms with van der Waals surface area (Å²) >= 11 is 0. The average molecular weight is 240 g/mol. The van der Waals surface area contributed by atoms with Crippen LogP contribution in [0.15, 0.2) is 18.2 Å².